The van der Waals surface area contributed by atoms with Gasteiger partial charge in [0.2, 0.25) is 0 Å². The summed E-state index contributed by atoms with van der Waals surface area (Å²) < 4.78 is 15.6. The number of hydrogen-bond acceptors (Lipinski definition) is 2. The van der Waals surface area contributed by atoms with Crippen molar-refractivity contribution in [2.75, 3.05) is 24.5 Å². The monoisotopic (exact) mass is 379 g/mol. The number of fused-ring (bicyclic) bond motifs is 1. The van der Waals surface area contributed by atoms with Gasteiger partial charge in [-0.3, -0.25) is 4.79 Å². The fraction of sp³-hybridized carbons (Fsp3) is 0.348. The quantitative estimate of drug-likeness (QED) is 0.718. The van der Waals surface area contributed by atoms with E-state index in [0.717, 1.165) is 29.6 Å². The number of amides is 1. The molecule has 4 rings (SSSR count). The van der Waals surface area contributed by atoms with Gasteiger partial charge in [-0.05, 0) is 73.7 Å². The number of rotatable bonds is 5. The number of benzene rings is 2. The molecule has 0 aliphatic carbocycles. The Labute approximate surface area is 165 Å². The Bertz CT molecular complexity index is 971. The van der Waals surface area contributed by atoms with Crippen LogP contribution in [-0.4, -0.2) is 30.1 Å². The summed E-state index contributed by atoms with van der Waals surface area (Å²) in [5.74, 6) is -0.311. The maximum absolute atomic E-state index is 13.6. The topological polar surface area (TPSA) is 37.3 Å². The predicted molar refractivity (Wildman–Crippen MR) is 111 cm³/mol. The van der Waals surface area contributed by atoms with Gasteiger partial charge < -0.3 is 14.8 Å². The van der Waals surface area contributed by atoms with E-state index < -0.39 is 0 Å². The Hall–Kier alpha value is -2.82. The molecule has 0 unspecified atom stereocenters. The van der Waals surface area contributed by atoms with Crippen LogP contribution in [0, 0.1) is 5.82 Å². The molecule has 1 aliphatic rings. The van der Waals surface area contributed by atoms with Crippen LogP contribution in [0.1, 0.15) is 35.2 Å². The molecule has 5 heteroatoms. The smallest absolute Gasteiger partial charge is 0.251 e. The van der Waals surface area contributed by atoms with E-state index in [1.807, 2.05) is 42.1 Å². The van der Waals surface area contributed by atoms with Gasteiger partial charge >= 0.3 is 0 Å². The minimum Gasteiger partial charge on any atom is -0.372 e. The van der Waals surface area contributed by atoms with Gasteiger partial charge in [0.05, 0.1) is 0 Å². The SMILES string of the molecule is Cn1cc(CCNC(=O)c2ccc(N3CCCCC3)cc2)c2cc(F)ccc21. The first-order valence-corrected chi connectivity index (χ1v) is 9.98. The molecule has 1 N–H and O–H groups in total. The molecule has 0 saturated carbocycles. The average molecular weight is 379 g/mol. The molecule has 1 amide bonds. The molecular weight excluding hydrogens is 353 g/mol. The molecule has 0 bridgehead atoms. The Morgan fingerprint density at radius 1 is 1.07 bits per heavy atom. The first-order valence-electron chi connectivity index (χ1n) is 9.98. The van der Waals surface area contributed by atoms with Crippen LogP contribution in [-0.2, 0) is 13.5 Å². The van der Waals surface area contributed by atoms with Gasteiger partial charge in [-0.1, -0.05) is 0 Å². The van der Waals surface area contributed by atoms with Crippen molar-refractivity contribution in [1.29, 1.82) is 0 Å². The molecular formula is C23H26FN3O. The van der Waals surface area contributed by atoms with E-state index in [1.54, 1.807) is 12.1 Å². The molecule has 2 aromatic carbocycles. The largest absolute Gasteiger partial charge is 0.372 e. The number of carbonyl (C=O) groups is 1. The Morgan fingerprint density at radius 3 is 2.57 bits per heavy atom. The molecule has 2 heterocycles. The minimum atomic E-state index is -0.238. The highest BCUT2D eigenvalue weighted by Gasteiger charge is 2.12. The van der Waals surface area contributed by atoms with Crippen LogP contribution in [0.25, 0.3) is 10.9 Å². The zero-order valence-electron chi connectivity index (χ0n) is 16.2. The van der Waals surface area contributed by atoms with Crippen molar-refractivity contribution >= 4 is 22.5 Å². The third-order valence-electron chi connectivity index (χ3n) is 5.56. The normalized spacial score (nSPS) is 14.4. The highest BCUT2D eigenvalue weighted by Crippen LogP contribution is 2.22. The molecule has 0 atom stereocenters. The zero-order valence-corrected chi connectivity index (χ0v) is 16.2. The standard InChI is InChI=1S/C23H26FN3O/c1-26-16-18(21-15-19(24)7-10-22(21)26)11-12-25-23(28)17-5-8-20(9-6-17)27-13-3-2-4-14-27/h5-10,15-16H,2-4,11-14H2,1H3,(H,25,28). The molecule has 4 nitrogen and oxygen atoms in total. The number of anilines is 1. The summed E-state index contributed by atoms with van der Waals surface area (Å²) in [5.41, 5.74) is 3.90. The van der Waals surface area contributed by atoms with Crippen LogP contribution in [0.4, 0.5) is 10.1 Å². The summed E-state index contributed by atoms with van der Waals surface area (Å²) in [6, 6.07) is 12.7. The van der Waals surface area contributed by atoms with Gasteiger partial charge in [0.1, 0.15) is 5.82 Å². The predicted octanol–water partition coefficient (Wildman–Crippen LogP) is 4.28. The van der Waals surface area contributed by atoms with Crippen molar-refractivity contribution in [2.24, 2.45) is 7.05 Å². The van der Waals surface area contributed by atoms with Crippen molar-refractivity contribution in [2.45, 2.75) is 25.7 Å². The third-order valence-corrected chi connectivity index (χ3v) is 5.56. The fourth-order valence-electron chi connectivity index (χ4n) is 4.03. The van der Waals surface area contributed by atoms with Crippen LogP contribution in [0.2, 0.25) is 0 Å². The Balaban J connectivity index is 1.36. The fourth-order valence-corrected chi connectivity index (χ4v) is 4.03. The van der Waals surface area contributed by atoms with E-state index in [-0.39, 0.29) is 11.7 Å². The van der Waals surface area contributed by atoms with Crippen molar-refractivity contribution in [3.8, 4) is 0 Å². The van der Waals surface area contributed by atoms with Gasteiger partial charge in [-0.15, -0.1) is 0 Å². The summed E-state index contributed by atoms with van der Waals surface area (Å²) in [6.07, 6.45) is 6.45. The second-order valence-electron chi connectivity index (χ2n) is 7.53. The molecule has 1 saturated heterocycles. The number of nitrogens with one attached hydrogen (secondary N) is 1. The number of nitrogens with zero attached hydrogens (tertiary/aromatic N) is 2. The number of aryl methyl sites for hydroxylation is 1. The van der Waals surface area contributed by atoms with Crippen LogP contribution < -0.4 is 10.2 Å². The highest BCUT2D eigenvalue weighted by atomic mass is 19.1. The molecule has 1 aromatic heterocycles. The second-order valence-corrected chi connectivity index (χ2v) is 7.53. The van der Waals surface area contributed by atoms with Crippen molar-refractivity contribution in [3.05, 3.63) is 65.6 Å². The van der Waals surface area contributed by atoms with Crippen LogP contribution in [0.5, 0.6) is 0 Å². The lowest BCUT2D eigenvalue weighted by Gasteiger charge is -2.28. The number of piperidine rings is 1. The lowest BCUT2D eigenvalue weighted by Crippen LogP contribution is -2.29. The molecule has 146 valence electrons. The van der Waals surface area contributed by atoms with Crippen LogP contribution in [0.3, 0.4) is 0 Å². The number of aromatic nitrogens is 1. The number of hydrogen-bond donors (Lipinski definition) is 1. The number of carbonyl (C=O) groups excluding carboxylic acids is 1. The zero-order chi connectivity index (χ0) is 19.5. The van der Waals surface area contributed by atoms with Crippen molar-refractivity contribution in [1.82, 2.24) is 9.88 Å². The summed E-state index contributed by atoms with van der Waals surface area (Å²) in [6.45, 7) is 2.71. The summed E-state index contributed by atoms with van der Waals surface area (Å²) in [4.78, 5) is 14.8. The van der Waals surface area contributed by atoms with Crippen LogP contribution in [0.15, 0.2) is 48.7 Å². The summed E-state index contributed by atoms with van der Waals surface area (Å²) in [5, 5.41) is 3.88. The molecule has 1 aliphatic heterocycles. The van der Waals surface area contributed by atoms with Gasteiger partial charge in [0.15, 0.2) is 0 Å². The lowest BCUT2D eigenvalue weighted by molar-refractivity contribution is 0.0954. The maximum atomic E-state index is 13.6. The van der Waals surface area contributed by atoms with Gasteiger partial charge in [0, 0.05) is 55.0 Å². The number of halogens is 1. The summed E-state index contributed by atoms with van der Waals surface area (Å²) in [7, 11) is 1.95. The first-order chi connectivity index (χ1) is 13.6. The third kappa shape index (κ3) is 3.88. The minimum absolute atomic E-state index is 0.0726. The Morgan fingerprint density at radius 2 is 1.82 bits per heavy atom. The second kappa shape index (κ2) is 8.05. The van der Waals surface area contributed by atoms with Crippen molar-refractivity contribution in [3.63, 3.8) is 0 Å². The lowest BCUT2D eigenvalue weighted by atomic mass is 10.1. The van der Waals surface area contributed by atoms with E-state index in [2.05, 4.69) is 10.2 Å². The Kier molecular flexibility index (Phi) is 5.33. The van der Waals surface area contributed by atoms with Gasteiger partial charge in [-0.25, -0.2) is 4.39 Å². The van der Waals surface area contributed by atoms with Gasteiger partial charge in [-0.2, -0.15) is 0 Å². The molecule has 0 radical (unpaired) electrons. The van der Waals surface area contributed by atoms with E-state index in [1.165, 1.54) is 31.0 Å². The van der Waals surface area contributed by atoms with E-state index in [0.29, 0.717) is 18.5 Å². The van der Waals surface area contributed by atoms with Gasteiger partial charge in [0.25, 0.3) is 5.91 Å². The molecule has 0 spiro atoms. The molecule has 28 heavy (non-hydrogen) atoms. The molecule has 1 fully saturated rings. The van der Waals surface area contributed by atoms with Crippen LogP contribution >= 0.6 is 0 Å². The first kappa shape index (κ1) is 18.5. The van der Waals surface area contributed by atoms with Crippen molar-refractivity contribution < 1.29 is 9.18 Å². The summed E-state index contributed by atoms with van der Waals surface area (Å²) >= 11 is 0. The van der Waals surface area contributed by atoms with E-state index in [9.17, 15) is 9.18 Å². The van der Waals surface area contributed by atoms with E-state index in [4.69, 9.17) is 0 Å². The highest BCUT2D eigenvalue weighted by molar-refractivity contribution is 5.94. The average Bonchev–Trinajstić information content (AvgIpc) is 3.03. The van der Waals surface area contributed by atoms with E-state index >= 15 is 0 Å². The maximum Gasteiger partial charge on any atom is 0.251 e. The molecule has 3 aromatic rings.